The first kappa shape index (κ1) is 16.8. The Balaban J connectivity index is 1.93. The molecule has 4 rings (SSSR count). The first-order valence-electron chi connectivity index (χ1n) is 8.89. The summed E-state index contributed by atoms with van der Waals surface area (Å²) in [6, 6.07) is 39.4. The summed E-state index contributed by atoms with van der Waals surface area (Å²) in [5.74, 6) is 0. The fraction of sp³-hybridized carbons (Fsp3) is 0.0400. The van der Waals surface area contributed by atoms with Crippen LogP contribution in [0.5, 0.6) is 0 Å². The van der Waals surface area contributed by atoms with Gasteiger partial charge in [-0.25, -0.2) is 0 Å². The Hall–Kier alpha value is -2.69. The summed E-state index contributed by atoms with van der Waals surface area (Å²) in [6.07, 6.45) is 0. The van der Waals surface area contributed by atoms with E-state index < -0.39 is 7.92 Å². The summed E-state index contributed by atoms with van der Waals surface area (Å²) in [7, 11) is -0.600. The van der Waals surface area contributed by atoms with Crippen molar-refractivity contribution in [3.05, 3.63) is 115 Å². The maximum atomic E-state index is 2.30. The van der Waals surface area contributed by atoms with Crippen molar-refractivity contribution in [1.82, 2.24) is 0 Å². The second-order valence-corrected chi connectivity index (χ2v) is 8.58. The third-order valence-electron chi connectivity index (χ3n) is 4.50. The third-order valence-corrected chi connectivity index (χ3v) is 7.00. The van der Waals surface area contributed by atoms with E-state index in [1.807, 2.05) is 0 Å². The molecule has 0 saturated carbocycles. The van der Waals surface area contributed by atoms with Gasteiger partial charge < -0.3 is 0 Å². The molecule has 0 amide bonds. The van der Waals surface area contributed by atoms with Crippen LogP contribution in [0, 0.1) is 6.92 Å². The van der Waals surface area contributed by atoms with E-state index in [4.69, 9.17) is 0 Å². The number of hydrogen-bond acceptors (Lipinski definition) is 0. The average Bonchev–Trinajstić information content (AvgIpc) is 2.70. The van der Waals surface area contributed by atoms with Crippen LogP contribution in [-0.4, -0.2) is 0 Å². The highest BCUT2D eigenvalue weighted by Crippen LogP contribution is 2.37. The molecule has 0 aliphatic heterocycles. The lowest BCUT2D eigenvalue weighted by Gasteiger charge is -2.22. The van der Waals surface area contributed by atoms with Crippen LogP contribution in [0.25, 0.3) is 11.1 Å². The van der Waals surface area contributed by atoms with Gasteiger partial charge in [0.1, 0.15) is 0 Å². The van der Waals surface area contributed by atoms with Gasteiger partial charge in [0.25, 0.3) is 0 Å². The standard InChI is InChI=1S/C25H21P/c1-20-11-10-12-21(19-20)24-17-8-9-18-25(24)26(22-13-4-2-5-14-22)23-15-6-3-7-16-23/h2-19H,1H3. The van der Waals surface area contributed by atoms with Gasteiger partial charge in [-0.15, -0.1) is 0 Å². The van der Waals surface area contributed by atoms with E-state index in [1.54, 1.807) is 0 Å². The molecule has 0 heterocycles. The summed E-state index contributed by atoms with van der Waals surface area (Å²) in [4.78, 5) is 0. The molecular formula is C25H21P. The van der Waals surface area contributed by atoms with Crippen LogP contribution in [0.15, 0.2) is 109 Å². The van der Waals surface area contributed by atoms with Crippen molar-refractivity contribution in [2.45, 2.75) is 6.92 Å². The lowest BCUT2D eigenvalue weighted by Crippen LogP contribution is -2.22. The Morgan fingerprint density at radius 1 is 0.538 bits per heavy atom. The minimum absolute atomic E-state index is 0.600. The summed E-state index contributed by atoms with van der Waals surface area (Å²) in [5.41, 5.74) is 3.91. The molecule has 0 aliphatic carbocycles. The molecule has 0 saturated heterocycles. The third kappa shape index (κ3) is 3.47. The molecule has 26 heavy (non-hydrogen) atoms. The summed E-state index contributed by atoms with van der Waals surface area (Å²) in [5, 5.41) is 4.17. The lowest BCUT2D eigenvalue weighted by molar-refractivity contribution is 1.47. The van der Waals surface area contributed by atoms with Gasteiger partial charge >= 0.3 is 0 Å². The van der Waals surface area contributed by atoms with E-state index in [0.29, 0.717) is 0 Å². The molecule has 4 aromatic rings. The first-order chi connectivity index (χ1) is 12.8. The van der Waals surface area contributed by atoms with Crippen molar-refractivity contribution < 1.29 is 0 Å². The van der Waals surface area contributed by atoms with E-state index in [-0.39, 0.29) is 0 Å². The van der Waals surface area contributed by atoms with Crippen molar-refractivity contribution in [3.8, 4) is 11.1 Å². The van der Waals surface area contributed by atoms with Gasteiger partial charge in [0.2, 0.25) is 0 Å². The molecule has 0 aliphatic rings. The van der Waals surface area contributed by atoms with Crippen LogP contribution in [-0.2, 0) is 0 Å². The zero-order chi connectivity index (χ0) is 17.8. The van der Waals surface area contributed by atoms with Crippen LogP contribution in [0.4, 0.5) is 0 Å². The minimum Gasteiger partial charge on any atom is -0.0622 e. The zero-order valence-corrected chi connectivity index (χ0v) is 15.7. The van der Waals surface area contributed by atoms with Crippen LogP contribution >= 0.6 is 7.92 Å². The Morgan fingerprint density at radius 2 is 1.12 bits per heavy atom. The van der Waals surface area contributed by atoms with Crippen molar-refractivity contribution in [2.24, 2.45) is 0 Å². The molecule has 0 nitrogen and oxygen atoms in total. The fourth-order valence-electron chi connectivity index (χ4n) is 3.31. The van der Waals surface area contributed by atoms with Crippen LogP contribution < -0.4 is 15.9 Å². The predicted molar refractivity (Wildman–Crippen MR) is 115 cm³/mol. The second-order valence-electron chi connectivity index (χ2n) is 6.39. The molecule has 0 unspecified atom stereocenters. The lowest BCUT2D eigenvalue weighted by atomic mass is 10.0. The van der Waals surface area contributed by atoms with E-state index in [1.165, 1.54) is 32.6 Å². The molecule has 0 aromatic heterocycles. The van der Waals surface area contributed by atoms with Gasteiger partial charge in [0, 0.05) is 0 Å². The summed E-state index contributed by atoms with van der Waals surface area (Å²) < 4.78 is 0. The van der Waals surface area contributed by atoms with Crippen molar-refractivity contribution in [3.63, 3.8) is 0 Å². The molecule has 0 atom stereocenters. The highest BCUT2D eigenvalue weighted by Gasteiger charge is 2.19. The molecule has 126 valence electrons. The van der Waals surface area contributed by atoms with E-state index in [9.17, 15) is 0 Å². The Kier molecular flexibility index (Phi) is 4.95. The number of benzene rings is 4. The quantitative estimate of drug-likeness (QED) is 0.430. The molecule has 0 N–H and O–H groups in total. The molecule has 0 spiro atoms. The summed E-state index contributed by atoms with van der Waals surface area (Å²) >= 11 is 0. The molecule has 4 aromatic carbocycles. The smallest absolute Gasteiger partial charge is 0.00726 e. The number of aryl methyl sites for hydroxylation is 1. The molecular weight excluding hydrogens is 331 g/mol. The van der Waals surface area contributed by atoms with Crippen LogP contribution in [0.3, 0.4) is 0 Å². The van der Waals surface area contributed by atoms with Crippen molar-refractivity contribution >= 4 is 23.8 Å². The Morgan fingerprint density at radius 3 is 1.73 bits per heavy atom. The average molecular weight is 352 g/mol. The van der Waals surface area contributed by atoms with Gasteiger partial charge in [-0.05, 0) is 41.9 Å². The SMILES string of the molecule is Cc1cccc(-c2ccccc2P(c2ccccc2)c2ccccc2)c1. The predicted octanol–water partition coefficient (Wildman–Crippen LogP) is 5.42. The zero-order valence-electron chi connectivity index (χ0n) is 14.8. The first-order valence-corrected chi connectivity index (χ1v) is 10.2. The molecule has 0 fully saturated rings. The topological polar surface area (TPSA) is 0 Å². The van der Waals surface area contributed by atoms with Crippen LogP contribution in [0.2, 0.25) is 0 Å². The largest absolute Gasteiger partial charge is 0.0622 e. The second kappa shape index (κ2) is 7.68. The molecule has 0 bridgehead atoms. The van der Waals surface area contributed by atoms with Gasteiger partial charge in [0.15, 0.2) is 0 Å². The van der Waals surface area contributed by atoms with Crippen molar-refractivity contribution in [1.29, 1.82) is 0 Å². The van der Waals surface area contributed by atoms with E-state index in [0.717, 1.165) is 0 Å². The fourth-order valence-corrected chi connectivity index (χ4v) is 5.78. The van der Waals surface area contributed by atoms with Gasteiger partial charge in [-0.3, -0.25) is 0 Å². The Bertz CT molecular complexity index is 951. The van der Waals surface area contributed by atoms with Gasteiger partial charge in [-0.1, -0.05) is 115 Å². The van der Waals surface area contributed by atoms with Crippen LogP contribution in [0.1, 0.15) is 5.56 Å². The maximum absolute atomic E-state index is 2.30. The highest BCUT2D eigenvalue weighted by molar-refractivity contribution is 7.80. The number of rotatable bonds is 4. The molecule has 1 heteroatoms. The number of hydrogen-bond donors (Lipinski definition) is 0. The van der Waals surface area contributed by atoms with E-state index in [2.05, 4.69) is 116 Å². The molecule has 0 radical (unpaired) electrons. The normalized spacial score (nSPS) is 10.8. The van der Waals surface area contributed by atoms with Gasteiger partial charge in [0.05, 0.1) is 0 Å². The highest BCUT2D eigenvalue weighted by atomic mass is 31.1. The van der Waals surface area contributed by atoms with Gasteiger partial charge in [-0.2, -0.15) is 0 Å². The summed E-state index contributed by atoms with van der Waals surface area (Å²) in [6.45, 7) is 2.16. The van der Waals surface area contributed by atoms with Crippen molar-refractivity contribution in [2.75, 3.05) is 0 Å². The minimum atomic E-state index is -0.600. The van der Waals surface area contributed by atoms with E-state index >= 15 is 0 Å². The maximum Gasteiger partial charge on any atom is -0.00726 e. The monoisotopic (exact) mass is 352 g/mol. The Labute approximate surface area is 156 Å².